The van der Waals surface area contributed by atoms with Gasteiger partial charge in [-0.2, -0.15) is 10.4 Å². The molecule has 1 aliphatic heterocycles. The van der Waals surface area contributed by atoms with E-state index in [0.29, 0.717) is 16.1 Å². The van der Waals surface area contributed by atoms with Gasteiger partial charge in [0.25, 0.3) is 11.8 Å². The molecule has 2 aliphatic rings. The summed E-state index contributed by atoms with van der Waals surface area (Å²) in [6.45, 7) is 0. The largest absolute Gasteiger partial charge is 0.365 e. The maximum atomic E-state index is 13.1. The highest BCUT2D eigenvalue weighted by molar-refractivity contribution is 7.17. The topological polar surface area (TPSA) is 112 Å². The van der Waals surface area contributed by atoms with Crippen LogP contribution in [0.15, 0.2) is 95.6 Å². The van der Waals surface area contributed by atoms with Crippen molar-refractivity contribution in [3.8, 4) is 6.07 Å². The smallest absolute Gasteiger partial charge is 0.266 e. The second kappa shape index (κ2) is 11.9. The highest BCUT2D eigenvalue weighted by Crippen LogP contribution is 2.39. The molecule has 0 radical (unpaired) electrons. The van der Waals surface area contributed by atoms with Crippen molar-refractivity contribution < 1.29 is 9.59 Å². The van der Waals surface area contributed by atoms with Crippen LogP contribution >= 0.6 is 11.3 Å². The number of carbonyl (C=O) groups is 2. The van der Waals surface area contributed by atoms with Crippen LogP contribution in [0.2, 0.25) is 0 Å². The Balaban J connectivity index is 1.25. The minimum Gasteiger partial charge on any atom is -0.365 e. The Labute approximate surface area is 248 Å². The fourth-order valence-corrected chi connectivity index (χ4v) is 6.90. The lowest BCUT2D eigenvalue weighted by Gasteiger charge is -2.24. The molecular formula is C34H29N5O2S. The van der Waals surface area contributed by atoms with Crippen LogP contribution in [0.5, 0.6) is 0 Å². The number of carbonyl (C=O) groups excluding carboxylic acids is 2. The van der Waals surface area contributed by atoms with Crippen LogP contribution in [0.25, 0.3) is 6.08 Å². The van der Waals surface area contributed by atoms with Gasteiger partial charge in [0, 0.05) is 11.3 Å². The third-order valence-electron chi connectivity index (χ3n) is 7.68. The number of benzene rings is 3. The summed E-state index contributed by atoms with van der Waals surface area (Å²) in [6.07, 6.45) is 5.98. The van der Waals surface area contributed by atoms with E-state index in [4.69, 9.17) is 10.8 Å². The zero-order valence-corrected chi connectivity index (χ0v) is 23.7. The van der Waals surface area contributed by atoms with Gasteiger partial charge in [-0.05, 0) is 66.1 Å². The van der Waals surface area contributed by atoms with Crippen molar-refractivity contribution >= 4 is 45.6 Å². The van der Waals surface area contributed by atoms with Crippen LogP contribution in [-0.4, -0.2) is 17.5 Å². The van der Waals surface area contributed by atoms with E-state index in [-0.39, 0.29) is 11.6 Å². The highest BCUT2D eigenvalue weighted by Gasteiger charge is 2.30. The average Bonchev–Trinajstić information content (AvgIpc) is 3.63. The van der Waals surface area contributed by atoms with Gasteiger partial charge < -0.3 is 11.1 Å². The monoisotopic (exact) mass is 571 g/mol. The summed E-state index contributed by atoms with van der Waals surface area (Å²) in [5.41, 5.74) is 11.8. The molecule has 1 aromatic heterocycles. The maximum absolute atomic E-state index is 13.1. The number of nitrogens with two attached hydrogens (primary N) is 1. The van der Waals surface area contributed by atoms with Crippen molar-refractivity contribution in [2.24, 2.45) is 10.8 Å². The summed E-state index contributed by atoms with van der Waals surface area (Å²) in [5, 5.41) is 20.0. The summed E-state index contributed by atoms with van der Waals surface area (Å²) in [6, 6.07) is 30.2. The van der Waals surface area contributed by atoms with E-state index in [1.54, 1.807) is 6.08 Å². The Morgan fingerprint density at radius 2 is 1.67 bits per heavy atom. The Morgan fingerprint density at radius 3 is 2.36 bits per heavy atom. The van der Waals surface area contributed by atoms with Gasteiger partial charge in [-0.3, -0.25) is 14.6 Å². The summed E-state index contributed by atoms with van der Waals surface area (Å²) in [7, 11) is 0. The molecule has 0 bridgehead atoms. The van der Waals surface area contributed by atoms with Gasteiger partial charge in [-0.15, -0.1) is 11.3 Å². The second-order valence-corrected chi connectivity index (χ2v) is 11.5. The number of fused-ring (bicyclic) bond motifs is 1. The molecule has 1 unspecified atom stereocenters. The van der Waals surface area contributed by atoms with E-state index in [9.17, 15) is 14.9 Å². The predicted molar refractivity (Wildman–Crippen MR) is 167 cm³/mol. The Kier molecular flexibility index (Phi) is 7.67. The van der Waals surface area contributed by atoms with E-state index >= 15 is 0 Å². The molecular weight excluding hydrogens is 542 g/mol. The lowest BCUT2D eigenvalue weighted by Crippen LogP contribution is -2.19. The first-order valence-electron chi connectivity index (χ1n) is 14.0. The van der Waals surface area contributed by atoms with Crippen LogP contribution < -0.4 is 16.1 Å². The van der Waals surface area contributed by atoms with Crippen molar-refractivity contribution in [1.29, 1.82) is 5.26 Å². The third-order valence-corrected chi connectivity index (χ3v) is 8.89. The van der Waals surface area contributed by atoms with Crippen molar-refractivity contribution in [3.63, 3.8) is 0 Å². The van der Waals surface area contributed by atoms with Crippen LogP contribution in [0.1, 0.15) is 62.8 Å². The number of anilines is 2. The number of hydrogen-bond donors (Lipinski definition) is 2. The predicted octanol–water partition coefficient (Wildman–Crippen LogP) is 6.63. The zero-order chi connectivity index (χ0) is 29.1. The molecule has 0 fully saturated rings. The minimum absolute atomic E-state index is 0.0410. The number of hydrazone groups is 1. The third kappa shape index (κ3) is 5.47. The number of thiophene rings is 1. The fourth-order valence-electron chi connectivity index (χ4n) is 5.61. The van der Waals surface area contributed by atoms with Crippen LogP contribution in [-0.2, 0) is 17.6 Å². The van der Waals surface area contributed by atoms with E-state index in [1.165, 1.54) is 16.9 Å². The number of aryl methyl sites for hydroxylation is 1. The van der Waals surface area contributed by atoms with Gasteiger partial charge in [-0.25, -0.2) is 0 Å². The molecule has 8 heteroatoms. The van der Waals surface area contributed by atoms with Crippen LogP contribution in [0, 0.1) is 11.3 Å². The molecule has 208 valence electrons. The first-order valence-corrected chi connectivity index (χ1v) is 14.8. The Hall–Kier alpha value is -5.00. The quantitative estimate of drug-likeness (QED) is 0.192. The molecule has 1 aliphatic carbocycles. The first-order chi connectivity index (χ1) is 20.5. The molecule has 0 saturated carbocycles. The van der Waals surface area contributed by atoms with Gasteiger partial charge >= 0.3 is 0 Å². The van der Waals surface area contributed by atoms with Gasteiger partial charge in [-0.1, -0.05) is 72.8 Å². The number of primary amides is 1. The van der Waals surface area contributed by atoms with Crippen LogP contribution in [0.4, 0.5) is 10.7 Å². The Bertz CT molecular complexity index is 1730. The normalized spacial score (nSPS) is 16.4. The molecule has 6 rings (SSSR count). The molecule has 2 heterocycles. The van der Waals surface area contributed by atoms with Gasteiger partial charge in [0.1, 0.15) is 16.6 Å². The number of nitrogens with one attached hydrogen (secondary N) is 1. The molecule has 1 atom stereocenters. The summed E-state index contributed by atoms with van der Waals surface area (Å²) < 4.78 is 0. The van der Waals surface area contributed by atoms with Gasteiger partial charge in [0.2, 0.25) is 0 Å². The SMILES string of the molecule is N#C/C(=C\c1ccc(N2N=C(c3ccccc3)CC2c2ccccc2)cc1)C(=O)Nc1sc2c(c1C(N)=O)CCCC2. The molecule has 0 saturated heterocycles. The van der Waals surface area contributed by atoms with Gasteiger partial charge in [0.05, 0.1) is 23.0 Å². The molecule has 2 amide bonds. The number of amides is 2. The van der Waals surface area contributed by atoms with E-state index in [1.807, 2.05) is 71.7 Å². The standard InChI is InChI=1S/C34H29N5O2S/c35-21-25(33(41)37-34-31(32(36)40)27-13-7-8-14-30(27)42-34)19-22-15-17-26(18-16-22)39-29(24-11-5-2-6-12-24)20-28(38-39)23-9-3-1-4-10-23/h1-6,9-12,15-19,29H,7-8,13-14,20H2,(H2,36,40)(H,37,41)/b25-19+. The van der Waals surface area contributed by atoms with Crippen molar-refractivity contribution in [3.05, 3.63) is 123 Å². The van der Waals surface area contributed by atoms with Crippen molar-refractivity contribution in [1.82, 2.24) is 0 Å². The zero-order valence-electron chi connectivity index (χ0n) is 22.9. The van der Waals surface area contributed by atoms with Gasteiger partial charge in [0.15, 0.2) is 0 Å². The van der Waals surface area contributed by atoms with Crippen molar-refractivity contribution in [2.75, 3.05) is 10.3 Å². The number of hydrogen-bond acceptors (Lipinski definition) is 6. The molecule has 3 aromatic carbocycles. The number of nitriles is 1. The Morgan fingerprint density at radius 1 is 0.976 bits per heavy atom. The fraction of sp³-hybridized carbons (Fsp3) is 0.176. The molecule has 3 N–H and O–H groups in total. The molecule has 7 nitrogen and oxygen atoms in total. The maximum Gasteiger partial charge on any atom is 0.266 e. The van der Waals surface area contributed by atoms with E-state index in [2.05, 4.69) is 29.6 Å². The first kappa shape index (κ1) is 27.2. The molecule has 0 spiro atoms. The van der Waals surface area contributed by atoms with Crippen LogP contribution in [0.3, 0.4) is 0 Å². The highest BCUT2D eigenvalue weighted by atomic mass is 32.1. The second-order valence-electron chi connectivity index (χ2n) is 10.4. The number of rotatable bonds is 7. The summed E-state index contributed by atoms with van der Waals surface area (Å²) >= 11 is 1.38. The number of nitrogens with zero attached hydrogens (tertiary/aromatic N) is 3. The van der Waals surface area contributed by atoms with E-state index in [0.717, 1.165) is 59.5 Å². The summed E-state index contributed by atoms with van der Waals surface area (Å²) in [5.74, 6) is -1.12. The molecule has 42 heavy (non-hydrogen) atoms. The van der Waals surface area contributed by atoms with E-state index < -0.39 is 11.8 Å². The lowest BCUT2D eigenvalue weighted by molar-refractivity contribution is -0.112. The minimum atomic E-state index is -0.566. The van der Waals surface area contributed by atoms with Crippen molar-refractivity contribution in [2.45, 2.75) is 38.1 Å². The average molecular weight is 572 g/mol. The lowest BCUT2D eigenvalue weighted by atomic mass is 9.95. The molecule has 4 aromatic rings. The summed E-state index contributed by atoms with van der Waals surface area (Å²) in [4.78, 5) is 26.4.